The fraction of sp³-hybridized carbons (Fsp3) is 0.545. The first-order chi connectivity index (χ1) is 8.72. The lowest BCUT2D eigenvalue weighted by Crippen LogP contribution is -2.03. The van der Waals surface area contributed by atoms with Crippen molar-refractivity contribution in [2.75, 3.05) is 6.61 Å². The maximum Gasteiger partial charge on any atom is 0.225 e. The van der Waals surface area contributed by atoms with Gasteiger partial charge in [-0.3, -0.25) is 4.57 Å². The van der Waals surface area contributed by atoms with Gasteiger partial charge in [0.05, 0.1) is 6.33 Å². The van der Waals surface area contributed by atoms with E-state index in [4.69, 9.17) is 27.9 Å². The number of aromatic nitrogens is 4. The molecule has 0 N–H and O–H groups in total. The standard InChI is InChI=1S/C11H14Cl2N4O/c1-2-3-4-5-18-7-17-6-14-8-9(12)15-11(13)16-10(8)17/h6H,2-5,7H2,1H3. The molecule has 0 aromatic carbocycles. The molecule has 7 heteroatoms. The molecule has 0 fully saturated rings. The van der Waals surface area contributed by atoms with Gasteiger partial charge in [-0.05, 0) is 18.0 Å². The molecule has 0 aliphatic heterocycles. The Morgan fingerprint density at radius 1 is 1.28 bits per heavy atom. The Morgan fingerprint density at radius 3 is 2.89 bits per heavy atom. The zero-order valence-electron chi connectivity index (χ0n) is 10.1. The van der Waals surface area contributed by atoms with Gasteiger partial charge in [0.2, 0.25) is 5.28 Å². The topological polar surface area (TPSA) is 52.8 Å². The Bertz CT molecular complexity index is 529. The van der Waals surface area contributed by atoms with Crippen LogP contribution in [-0.2, 0) is 11.5 Å². The van der Waals surface area contributed by atoms with Crippen molar-refractivity contribution in [2.45, 2.75) is 32.9 Å². The van der Waals surface area contributed by atoms with Crippen LogP contribution in [0.2, 0.25) is 10.4 Å². The van der Waals surface area contributed by atoms with E-state index in [1.165, 1.54) is 12.8 Å². The zero-order valence-corrected chi connectivity index (χ0v) is 11.6. The van der Waals surface area contributed by atoms with Gasteiger partial charge in [0.15, 0.2) is 10.8 Å². The monoisotopic (exact) mass is 288 g/mol. The minimum Gasteiger partial charge on any atom is -0.361 e. The lowest BCUT2D eigenvalue weighted by molar-refractivity contribution is 0.0762. The van der Waals surface area contributed by atoms with Crippen LogP contribution < -0.4 is 0 Å². The normalized spacial score (nSPS) is 11.3. The molecule has 2 aromatic heterocycles. The van der Waals surface area contributed by atoms with E-state index in [0.717, 1.165) is 13.0 Å². The number of nitrogens with zero attached hydrogens (tertiary/aromatic N) is 4. The molecule has 0 aliphatic rings. The van der Waals surface area contributed by atoms with E-state index in [2.05, 4.69) is 21.9 Å². The Hall–Kier alpha value is -0.910. The highest BCUT2D eigenvalue weighted by Crippen LogP contribution is 2.20. The summed E-state index contributed by atoms with van der Waals surface area (Å²) in [6.45, 7) is 3.27. The molecule has 2 aromatic rings. The highest BCUT2D eigenvalue weighted by molar-refractivity contribution is 6.35. The summed E-state index contributed by atoms with van der Waals surface area (Å²) in [4.78, 5) is 12.1. The number of ether oxygens (including phenoxy) is 1. The van der Waals surface area contributed by atoms with Crippen LogP contribution in [0.4, 0.5) is 0 Å². The van der Waals surface area contributed by atoms with E-state index in [9.17, 15) is 0 Å². The Morgan fingerprint density at radius 2 is 2.11 bits per heavy atom. The summed E-state index contributed by atoms with van der Waals surface area (Å²) >= 11 is 11.7. The molecule has 0 amide bonds. The molecule has 18 heavy (non-hydrogen) atoms. The first-order valence-corrected chi connectivity index (χ1v) is 6.59. The zero-order chi connectivity index (χ0) is 13.0. The highest BCUT2D eigenvalue weighted by atomic mass is 35.5. The van der Waals surface area contributed by atoms with Crippen LogP contribution in [0.3, 0.4) is 0 Å². The number of fused-ring (bicyclic) bond motifs is 1. The molecule has 0 aliphatic carbocycles. The summed E-state index contributed by atoms with van der Waals surface area (Å²) in [6, 6.07) is 0. The number of hydrogen-bond acceptors (Lipinski definition) is 4. The molecule has 98 valence electrons. The van der Waals surface area contributed by atoms with Crippen LogP contribution >= 0.6 is 23.2 Å². The van der Waals surface area contributed by atoms with Crippen molar-refractivity contribution in [3.63, 3.8) is 0 Å². The van der Waals surface area contributed by atoms with Crippen molar-refractivity contribution in [1.82, 2.24) is 19.5 Å². The maximum absolute atomic E-state index is 5.93. The van der Waals surface area contributed by atoms with Gasteiger partial charge in [0.1, 0.15) is 12.2 Å². The summed E-state index contributed by atoms with van der Waals surface area (Å²) in [5.41, 5.74) is 1.13. The SMILES string of the molecule is CCCCCOCn1cnc2c(Cl)nc(Cl)nc21. The van der Waals surface area contributed by atoms with Gasteiger partial charge < -0.3 is 4.74 Å². The number of hydrogen-bond donors (Lipinski definition) is 0. The summed E-state index contributed by atoms with van der Waals surface area (Å²) in [5, 5.41) is 0.370. The van der Waals surface area contributed by atoms with E-state index in [-0.39, 0.29) is 10.4 Å². The van der Waals surface area contributed by atoms with Gasteiger partial charge in [-0.1, -0.05) is 31.4 Å². The van der Waals surface area contributed by atoms with E-state index in [1.807, 2.05) is 0 Å². The maximum atomic E-state index is 5.93. The summed E-state index contributed by atoms with van der Waals surface area (Å²) in [6.07, 6.45) is 5.03. The molecule has 0 spiro atoms. The van der Waals surface area contributed by atoms with Gasteiger partial charge >= 0.3 is 0 Å². The number of imidazole rings is 1. The van der Waals surface area contributed by atoms with Crippen molar-refractivity contribution >= 4 is 34.4 Å². The second-order valence-electron chi connectivity index (χ2n) is 3.91. The van der Waals surface area contributed by atoms with Crippen molar-refractivity contribution in [3.05, 3.63) is 16.8 Å². The molecule has 2 heterocycles. The van der Waals surface area contributed by atoms with Crippen LogP contribution in [-0.4, -0.2) is 26.1 Å². The molecule has 2 rings (SSSR count). The largest absolute Gasteiger partial charge is 0.361 e. The second kappa shape index (κ2) is 6.31. The molecule has 0 atom stereocenters. The predicted molar refractivity (Wildman–Crippen MR) is 70.8 cm³/mol. The average Bonchev–Trinajstić information content (AvgIpc) is 2.72. The highest BCUT2D eigenvalue weighted by Gasteiger charge is 2.10. The lowest BCUT2D eigenvalue weighted by Gasteiger charge is -2.05. The third kappa shape index (κ3) is 3.10. The molecular weight excluding hydrogens is 275 g/mol. The first kappa shape index (κ1) is 13.5. The van der Waals surface area contributed by atoms with Gasteiger partial charge in [0, 0.05) is 6.61 Å². The van der Waals surface area contributed by atoms with E-state index >= 15 is 0 Å². The number of rotatable bonds is 6. The molecule has 0 saturated carbocycles. The molecule has 0 bridgehead atoms. The van der Waals surface area contributed by atoms with Crippen molar-refractivity contribution in [1.29, 1.82) is 0 Å². The van der Waals surface area contributed by atoms with Gasteiger partial charge in [-0.25, -0.2) is 9.97 Å². The summed E-state index contributed by atoms with van der Waals surface area (Å²) < 4.78 is 7.31. The minimum atomic E-state index is 0.111. The lowest BCUT2D eigenvalue weighted by atomic mass is 10.3. The minimum absolute atomic E-state index is 0.111. The predicted octanol–water partition coefficient (Wildman–Crippen LogP) is 3.30. The Kier molecular flexibility index (Phi) is 4.74. The van der Waals surface area contributed by atoms with Crippen LogP contribution in [0.25, 0.3) is 11.2 Å². The number of unbranched alkanes of at least 4 members (excludes halogenated alkanes) is 2. The molecule has 0 unspecified atom stereocenters. The van der Waals surface area contributed by atoms with Gasteiger partial charge in [-0.15, -0.1) is 0 Å². The van der Waals surface area contributed by atoms with Crippen LogP contribution in [0.15, 0.2) is 6.33 Å². The van der Waals surface area contributed by atoms with Crippen LogP contribution in [0.1, 0.15) is 26.2 Å². The van der Waals surface area contributed by atoms with Crippen LogP contribution in [0.5, 0.6) is 0 Å². The smallest absolute Gasteiger partial charge is 0.225 e. The van der Waals surface area contributed by atoms with E-state index < -0.39 is 0 Å². The first-order valence-electron chi connectivity index (χ1n) is 5.84. The average molecular weight is 289 g/mol. The summed E-state index contributed by atoms with van der Waals surface area (Å²) in [5.74, 6) is 0. The quantitative estimate of drug-likeness (QED) is 0.465. The van der Waals surface area contributed by atoms with E-state index in [0.29, 0.717) is 17.9 Å². The third-order valence-corrected chi connectivity index (χ3v) is 2.95. The fourth-order valence-corrected chi connectivity index (χ4v) is 2.02. The molecule has 5 nitrogen and oxygen atoms in total. The van der Waals surface area contributed by atoms with Gasteiger partial charge in [-0.2, -0.15) is 4.98 Å². The van der Waals surface area contributed by atoms with E-state index in [1.54, 1.807) is 10.9 Å². The Labute approximate surface area is 115 Å². The molecule has 0 saturated heterocycles. The summed E-state index contributed by atoms with van der Waals surface area (Å²) in [7, 11) is 0. The van der Waals surface area contributed by atoms with Gasteiger partial charge in [0.25, 0.3) is 0 Å². The Balaban J connectivity index is 2.05. The number of halogens is 2. The van der Waals surface area contributed by atoms with Crippen molar-refractivity contribution in [3.8, 4) is 0 Å². The fourth-order valence-electron chi connectivity index (χ4n) is 1.60. The van der Waals surface area contributed by atoms with Crippen LogP contribution in [0, 0.1) is 0 Å². The molecular formula is C11H14Cl2N4O. The van der Waals surface area contributed by atoms with Crippen molar-refractivity contribution in [2.24, 2.45) is 0 Å². The van der Waals surface area contributed by atoms with Crippen molar-refractivity contribution < 1.29 is 4.74 Å². The third-order valence-electron chi connectivity index (χ3n) is 2.52. The second-order valence-corrected chi connectivity index (χ2v) is 4.61. The molecule has 0 radical (unpaired) electrons.